The van der Waals surface area contributed by atoms with Crippen LogP contribution >= 0.6 is 22.9 Å². The maximum Gasteiger partial charge on any atom is 0.168 e. The minimum atomic E-state index is 0.0713. The second kappa shape index (κ2) is 4.76. The number of thiazole rings is 1. The molecule has 2 nitrogen and oxygen atoms in total. The molecule has 0 spiro atoms. The molecule has 1 aromatic heterocycles. The fraction of sp³-hybridized carbons (Fsp3) is 0.167. The van der Waals surface area contributed by atoms with Crippen molar-refractivity contribution in [1.29, 1.82) is 0 Å². The van der Waals surface area contributed by atoms with Gasteiger partial charge in [-0.25, -0.2) is 4.98 Å². The van der Waals surface area contributed by atoms with Crippen molar-refractivity contribution in [3.05, 3.63) is 50.9 Å². The predicted molar refractivity (Wildman–Crippen MR) is 66.3 cm³/mol. The third kappa shape index (κ3) is 2.68. The maximum atomic E-state index is 11.9. The number of hydrogen-bond donors (Lipinski definition) is 0. The first-order chi connectivity index (χ1) is 7.65. The third-order valence-electron chi connectivity index (χ3n) is 2.17. The fourth-order valence-electron chi connectivity index (χ4n) is 1.39. The average Bonchev–Trinajstić information content (AvgIpc) is 2.65. The number of Topliss-reactive ketones (excluding diaryl/α,β-unsaturated/α-hetero) is 1. The molecular formula is C12H10ClNOS. The molecule has 0 radical (unpaired) electrons. The van der Waals surface area contributed by atoms with Crippen LogP contribution in [0, 0.1) is 6.92 Å². The molecule has 1 aromatic carbocycles. The third-order valence-corrected chi connectivity index (χ3v) is 3.25. The molecular weight excluding hydrogens is 242 g/mol. The van der Waals surface area contributed by atoms with E-state index in [1.54, 1.807) is 35.6 Å². The van der Waals surface area contributed by atoms with Crippen molar-refractivity contribution in [3.8, 4) is 0 Å². The zero-order valence-corrected chi connectivity index (χ0v) is 10.3. The van der Waals surface area contributed by atoms with Gasteiger partial charge in [-0.2, -0.15) is 0 Å². The van der Waals surface area contributed by atoms with Gasteiger partial charge < -0.3 is 0 Å². The molecule has 0 bridgehead atoms. The Morgan fingerprint density at radius 3 is 2.62 bits per heavy atom. The highest BCUT2D eigenvalue weighted by Gasteiger charge is 2.08. The van der Waals surface area contributed by atoms with E-state index in [1.165, 1.54) is 0 Å². The van der Waals surface area contributed by atoms with Crippen LogP contribution < -0.4 is 0 Å². The van der Waals surface area contributed by atoms with Crippen LogP contribution in [0.5, 0.6) is 0 Å². The normalized spacial score (nSPS) is 10.4. The van der Waals surface area contributed by atoms with Crippen molar-refractivity contribution < 1.29 is 4.79 Å². The molecule has 0 saturated carbocycles. The van der Waals surface area contributed by atoms with E-state index in [2.05, 4.69) is 4.98 Å². The summed E-state index contributed by atoms with van der Waals surface area (Å²) in [5.41, 5.74) is 1.51. The van der Waals surface area contributed by atoms with E-state index in [-0.39, 0.29) is 5.78 Å². The number of carbonyl (C=O) groups excluding carboxylic acids is 1. The van der Waals surface area contributed by atoms with Crippen LogP contribution in [0.1, 0.15) is 21.1 Å². The summed E-state index contributed by atoms with van der Waals surface area (Å²) >= 11 is 7.32. The second-order valence-corrected chi connectivity index (χ2v) is 4.96. The van der Waals surface area contributed by atoms with Crippen LogP contribution in [-0.4, -0.2) is 10.8 Å². The first-order valence-corrected chi connectivity index (χ1v) is 6.10. The molecule has 0 aliphatic carbocycles. The average molecular weight is 252 g/mol. The van der Waals surface area contributed by atoms with Crippen LogP contribution in [-0.2, 0) is 6.42 Å². The summed E-state index contributed by atoms with van der Waals surface area (Å²) in [7, 11) is 0. The van der Waals surface area contributed by atoms with E-state index in [1.807, 2.05) is 12.3 Å². The van der Waals surface area contributed by atoms with E-state index in [4.69, 9.17) is 11.6 Å². The standard InChI is InChI=1S/C12H10ClNOS/c1-8-14-11(7-16-8)6-12(15)9-2-4-10(13)5-3-9/h2-5,7H,6H2,1H3. The first-order valence-electron chi connectivity index (χ1n) is 4.85. The largest absolute Gasteiger partial charge is 0.294 e. The number of ketones is 1. The van der Waals surface area contributed by atoms with Gasteiger partial charge in [-0.3, -0.25) is 4.79 Å². The number of carbonyl (C=O) groups is 1. The molecule has 0 N–H and O–H groups in total. The Kier molecular flexibility index (Phi) is 3.36. The Morgan fingerprint density at radius 2 is 2.06 bits per heavy atom. The Bertz CT molecular complexity index is 504. The van der Waals surface area contributed by atoms with Gasteiger partial charge >= 0.3 is 0 Å². The van der Waals surface area contributed by atoms with Crippen molar-refractivity contribution in [1.82, 2.24) is 4.98 Å². The van der Waals surface area contributed by atoms with Crippen LogP contribution in [0.4, 0.5) is 0 Å². The number of benzene rings is 1. The van der Waals surface area contributed by atoms with E-state index < -0.39 is 0 Å². The zero-order chi connectivity index (χ0) is 11.5. The lowest BCUT2D eigenvalue weighted by Crippen LogP contribution is -2.03. The summed E-state index contributed by atoms with van der Waals surface area (Å²) in [5.74, 6) is 0.0713. The van der Waals surface area contributed by atoms with Crippen LogP contribution in [0.15, 0.2) is 29.6 Å². The Balaban J connectivity index is 2.11. The van der Waals surface area contributed by atoms with Gasteiger partial charge in [0.25, 0.3) is 0 Å². The number of nitrogens with zero attached hydrogens (tertiary/aromatic N) is 1. The number of aryl methyl sites for hydroxylation is 1. The minimum Gasteiger partial charge on any atom is -0.294 e. The predicted octanol–water partition coefficient (Wildman–Crippen LogP) is 3.53. The lowest BCUT2D eigenvalue weighted by molar-refractivity contribution is 0.0992. The van der Waals surface area contributed by atoms with Crippen LogP contribution in [0.2, 0.25) is 5.02 Å². The van der Waals surface area contributed by atoms with Gasteiger partial charge in [-0.1, -0.05) is 11.6 Å². The van der Waals surface area contributed by atoms with Crippen LogP contribution in [0.3, 0.4) is 0 Å². The minimum absolute atomic E-state index is 0.0713. The van der Waals surface area contributed by atoms with Gasteiger partial charge in [0.05, 0.1) is 17.1 Å². The molecule has 0 amide bonds. The molecule has 16 heavy (non-hydrogen) atoms. The highest BCUT2D eigenvalue weighted by molar-refractivity contribution is 7.09. The molecule has 0 aliphatic rings. The summed E-state index contributed by atoms with van der Waals surface area (Å²) in [5, 5.41) is 3.54. The van der Waals surface area contributed by atoms with Crippen LogP contribution in [0.25, 0.3) is 0 Å². The topological polar surface area (TPSA) is 30.0 Å². The van der Waals surface area contributed by atoms with E-state index >= 15 is 0 Å². The smallest absolute Gasteiger partial charge is 0.168 e. The highest BCUT2D eigenvalue weighted by atomic mass is 35.5. The molecule has 2 aromatic rings. The molecule has 0 saturated heterocycles. The summed E-state index contributed by atoms with van der Waals surface area (Å²) in [6, 6.07) is 6.93. The molecule has 0 atom stereocenters. The van der Waals surface area contributed by atoms with Crippen molar-refractivity contribution >= 4 is 28.7 Å². The van der Waals surface area contributed by atoms with E-state index in [0.29, 0.717) is 17.0 Å². The van der Waals surface area contributed by atoms with Gasteiger partial charge in [0.2, 0.25) is 0 Å². The van der Waals surface area contributed by atoms with Gasteiger partial charge in [0.15, 0.2) is 5.78 Å². The molecule has 0 fully saturated rings. The first kappa shape index (κ1) is 11.3. The lowest BCUT2D eigenvalue weighted by atomic mass is 10.1. The number of hydrogen-bond acceptors (Lipinski definition) is 3. The van der Waals surface area contributed by atoms with Crippen molar-refractivity contribution in [2.75, 3.05) is 0 Å². The monoisotopic (exact) mass is 251 g/mol. The Labute approximate surface area is 103 Å². The van der Waals surface area contributed by atoms with Crippen molar-refractivity contribution in [2.24, 2.45) is 0 Å². The van der Waals surface area contributed by atoms with Gasteiger partial charge in [-0.05, 0) is 31.2 Å². The highest BCUT2D eigenvalue weighted by Crippen LogP contribution is 2.13. The molecule has 4 heteroatoms. The molecule has 2 rings (SSSR count). The lowest BCUT2D eigenvalue weighted by Gasteiger charge is -1.98. The fourth-order valence-corrected chi connectivity index (χ4v) is 2.13. The van der Waals surface area contributed by atoms with E-state index in [9.17, 15) is 4.79 Å². The summed E-state index contributed by atoms with van der Waals surface area (Å²) in [4.78, 5) is 16.1. The molecule has 1 heterocycles. The molecule has 82 valence electrons. The number of rotatable bonds is 3. The zero-order valence-electron chi connectivity index (χ0n) is 8.74. The summed E-state index contributed by atoms with van der Waals surface area (Å²) in [6.45, 7) is 1.93. The second-order valence-electron chi connectivity index (χ2n) is 3.46. The Hall–Kier alpha value is -1.19. The molecule has 0 unspecified atom stereocenters. The summed E-state index contributed by atoms with van der Waals surface area (Å²) in [6.07, 6.45) is 0.353. The SMILES string of the molecule is Cc1nc(CC(=O)c2ccc(Cl)cc2)cs1. The van der Waals surface area contributed by atoms with Crippen molar-refractivity contribution in [2.45, 2.75) is 13.3 Å². The number of aromatic nitrogens is 1. The Morgan fingerprint density at radius 1 is 1.38 bits per heavy atom. The molecule has 0 aliphatic heterocycles. The van der Waals surface area contributed by atoms with Crippen molar-refractivity contribution in [3.63, 3.8) is 0 Å². The van der Waals surface area contributed by atoms with E-state index in [0.717, 1.165) is 10.7 Å². The quantitative estimate of drug-likeness (QED) is 0.781. The summed E-state index contributed by atoms with van der Waals surface area (Å²) < 4.78 is 0. The van der Waals surface area contributed by atoms with Gasteiger partial charge in [0.1, 0.15) is 0 Å². The van der Waals surface area contributed by atoms with Gasteiger partial charge in [-0.15, -0.1) is 11.3 Å². The number of halogens is 1. The maximum absolute atomic E-state index is 11.9. The van der Waals surface area contributed by atoms with Gasteiger partial charge in [0, 0.05) is 16.0 Å².